The summed E-state index contributed by atoms with van der Waals surface area (Å²) in [6.45, 7) is 4.62. The van der Waals surface area contributed by atoms with E-state index in [0.717, 1.165) is 0 Å². The van der Waals surface area contributed by atoms with Crippen molar-refractivity contribution < 1.29 is 14.6 Å². The molecule has 3 N–H and O–H groups in total. The molecule has 1 aliphatic rings. The number of nitrogens with two attached hydrogens (primary N) is 1. The van der Waals surface area contributed by atoms with Gasteiger partial charge in [0.1, 0.15) is 5.75 Å². The number of carboxylic acid groups (broad SMARTS) is 1. The smallest absolute Gasteiger partial charge is 0.310 e. The highest BCUT2D eigenvalue weighted by Crippen LogP contribution is 2.37. The van der Waals surface area contributed by atoms with Crippen molar-refractivity contribution in [2.75, 3.05) is 12.3 Å². The zero-order chi connectivity index (χ0) is 15.6. The number of rotatable bonds is 7. The van der Waals surface area contributed by atoms with Crippen molar-refractivity contribution in [3.63, 3.8) is 0 Å². The van der Waals surface area contributed by atoms with Crippen molar-refractivity contribution >= 4 is 23.3 Å². The van der Waals surface area contributed by atoms with Crippen molar-refractivity contribution in [2.24, 2.45) is 11.8 Å². The largest absolute Gasteiger partial charge is 0.491 e. The Morgan fingerprint density at radius 3 is 2.67 bits per heavy atom. The van der Waals surface area contributed by atoms with Crippen LogP contribution < -0.4 is 10.5 Å². The van der Waals surface area contributed by atoms with E-state index in [1.54, 1.807) is 12.1 Å². The quantitative estimate of drug-likeness (QED) is 0.748. The van der Waals surface area contributed by atoms with Crippen molar-refractivity contribution in [2.45, 2.75) is 39.0 Å². The molecule has 0 radical (unpaired) electrons. The number of nitrogen functional groups attached to an aromatic ring is 1. The van der Waals surface area contributed by atoms with Crippen LogP contribution in [-0.2, 0) is 4.79 Å². The summed E-state index contributed by atoms with van der Waals surface area (Å²) in [7, 11) is 0. The van der Waals surface area contributed by atoms with Crippen LogP contribution in [0.1, 0.15) is 44.6 Å². The lowest BCUT2D eigenvalue weighted by atomic mass is 9.90. The Bertz CT molecular complexity index is 526. The minimum Gasteiger partial charge on any atom is -0.491 e. The van der Waals surface area contributed by atoms with Crippen LogP contribution in [0.4, 0.5) is 5.69 Å². The molecule has 1 aliphatic carbocycles. The third kappa shape index (κ3) is 4.27. The predicted molar refractivity (Wildman–Crippen MR) is 83.9 cm³/mol. The monoisotopic (exact) mass is 311 g/mol. The van der Waals surface area contributed by atoms with Gasteiger partial charge in [-0.05, 0) is 48.8 Å². The number of aliphatic carboxylic acids is 1. The first-order valence-corrected chi connectivity index (χ1v) is 7.70. The molecular weight excluding hydrogens is 290 g/mol. The average molecular weight is 312 g/mol. The highest BCUT2D eigenvalue weighted by atomic mass is 35.5. The molecule has 1 unspecified atom stereocenters. The second kappa shape index (κ2) is 6.56. The summed E-state index contributed by atoms with van der Waals surface area (Å²) in [5, 5.41) is 9.79. The Morgan fingerprint density at radius 2 is 2.14 bits per heavy atom. The first-order valence-electron chi connectivity index (χ1n) is 7.33. The Morgan fingerprint density at radius 1 is 1.48 bits per heavy atom. The minimum absolute atomic E-state index is 0.276. The summed E-state index contributed by atoms with van der Waals surface area (Å²) in [6.07, 6.45) is 2.91. The molecule has 1 atom stereocenters. The SMILES string of the molecule is CC(C)CC(C(=O)O)c1cc(Cl)c(N)c(OCC2CC2)c1. The van der Waals surface area contributed by atoms with Gasteiger partial charge in [0.2, 0.25) is 0 Å². The summed E-state index contributed by atoms with van der Waals surface area (Å²) in [5.74, 6) is -0.0699. The number of carboxylic acids is 1. The molecule has 1 aromatic carbocycles. The second-order valence-electron chi connectivity index (χ2n) is 6.19. The van der Waals surface area contributed by atoms with E-state index in [0.29, 0.717) is 41.0 Å². The number of anilines is 1. The highest BCUT2D eigenvalue weighted by molar-refractivity contribution is 6.33. The molecule has 5 heteroatoms. The first kappa shape index (κ1) is 16.0. The lowest BCUT2D eigenvalue weighted by Crippen LogP contribution is -2.15. The van der Waals surface area contributed by atoms with Gasteiger partial charge in [-0.25, -0.2) is 0 Å². The molecule has 0 bridgehead atoms. The van der Waals surface area contributed by atoms with Crippen LogP contribution >= 0.6 is 11.6 Å². The van der Waals surface area contributed by atoms with E-state index < -0.39 is 11.9 Å². The zero-order valence-electron chi connectivity index (χ0n) is 12.4. The molecule has 1 aromatic rings. The van der Waals surface area contributed by atoms with Crippen molar-refractivity contribution in [3.05, 3.63) is 22.7 Å². The molecule has 0 amide bonds. The lowest BCUT2D eigenvalue weighted by Gasteiger charge is -2.18. The van der Waals surface area contributed by atoms with Gasteiger partial charge in [-0.2, -0.15) is 0 Å². The maximum absolute atomic E-state index is 11.5. The summed E-state index contributed by atoms with van der Waals surface area (Å²) in [4.78, 5) is 11.5. The Kier molecular flexibility index (Phi) is 4.99. The number of ether oxygens (including phenoxy) is 1. The van der Waals surface area contributed by atoms with Gasteiger partial charge >= 0.3 is 5.97 Å². The third-order valence-corrected chi connectivity index (χ3v) is 4.01. The fraction of sp³-hybridized carbons (Fsp3) is 0.562. The minimum atomic E-state index is -0.849. The number of carbonyl (C=O) groups is 1. The zero-order valence-corrected chi connectivity index (χ0v) is 13.2. The van der Waals surface area contributed by atoms with Crippen molar-refractivity contribution in [3.8, 4) is 5.75 Å². The molecule has 1 fully saturated rings. The summed E-state index contributed by atoms with van der Waals surface area (Å²) in [6, 6.07) is 3.37. The summed E-state index contributed by atoms with van der Waals surface area (Å²) >= 11 is 6.14. The third-order valence-electron chi connectivity index (χ3n) is 3.69. The van der Waals surface area contributed by atoms with Crippen LogP contribution in [-0.4, -0.2) is 17.7 Å². The fourth-order valence-electron chi connectivity index (χ4n) is 2.28. The Labute approximate surface area is 130 Å². The van der Waals surface area contributed by atoms with Gasteiger partial charge in [0.25, 0.3) is 0 Å². The van der Waals surface area contributed by atoms with Gasteiger partial charge in [0.05, 0.1) is 23.2 Å². The predicted octanol–water partition coefficient (Wildman–Crippen LogP) is 3.93. The highest BCUT2D eigenvalue weighted by Gasteiger charge is 2.25. The summed E-state index contributed by atoms with van der Waals surface area (Å²) in [5.41, 5.74) is 6.97. The lowest BCUT2D eigenvalue weighted by molar-refractivity contribution is -0.139. The molecular formula is C16H22ClNO3. The van der Waals surface area contributed by atoms with Gasteiger partial charge in [0, 0.05) is 0 Å². The van der Waals surface area contributed by atoms with Gasteiger partial charge in [-0.15, -0.1) is 0 Å². The van der Waals surface area contributed by atoms with E-state index in [1.165, 1.54) is 12.8 Å². The van der Waals surface area contributed by atoms with Crippen LogP contribution in [0.5, 0.6) is 5.75 Å². The topological polar surface area (TPSA) is 72.5 Å². The van der Waals surface area contributed by atoms with Gasteiger partial charge in [0.15, 0.2) is 0 Å². The fourth-order valence-corrected chi connectivity index (χ4v) is 2.50. The number of benzene rings is 1. The van der Waals surface area contributed by atoms with E-state index >= 15 is 0 Å². The Hall–Kier alpha value is -1.42. The van der Waals surface area contributed by atoms with Gasteiger partial charge < -0.3 is 15.6 Å². The maximum atomic E-state index is 11.5. The molecule has 0 spiro atoms. The van der Waals surface area contributed by atoms with E-state index in [2.05, 4.69) is 0 Å². The summed E-state index contributed by atoms with van der Waals surface area (Å²) < 4.78 is 5.71. The number of hydrogen-bond donors (Lipinski definition) is 2. The van der Waals surface area contributed by atoms with Crippen LogP contribution in [0.2, 0.25) is 5.02 Å². The molecule has 0 aliphatic heterocycles. The van der Waals surface area contributed by atoms with Crippen molar-refractivity contribution in [1.82, 2.24) is 0 Å². The molecule has 116 valence electrons. The van der Waals surface area contributed by atoms with E-state index in [9.17, 15) is 9.90 Å². The molecule has 4 nitrogen and oxygen atoms in total. The second-order valence-corrected chi connectivity index (χ2v) is 6.60. The molecule has 1 saturated carbocycles. The molecule has 0 aromatic heterocycles. The van der Waals surface area contributed by atoms with Crippen LogP contribution in [0.25, 0.3) is 0 Å². The standard InChI is InChI=1S/C16H22ClNO3/c1-9(2)5-12(16(19)20)11-6-13(17)15(18)14(7-11)21-8-10-3-4-10/h6-7,9-10,12H,3-5,8,18H2,1-2H3,(H,19,20). The van der Waals surface area contributed by atoms with Gasteiger partial charge in [-0.1, -0.05) is 25.4 Å². The maximum Gasteiger partial charge on any atom is 0.310 e. The van der Waals surface area contributed by atoms with Crippen LogP contribution in [0, 0.1) is 11.8 Å². The molecule has 0 heterocycles. The molecule has 2 rings (SSSR count). The van der Waals surface area contributed by atoms with E-state index in [4.69, 9.17) is 22.1 Å². The van der Waals surface area contributed by atoms with Crippen molar-refractivity contribution in [1.29, 1.82) is 0 Å². The first-order chi connectivity index (χ1) is 9.88. The molecule has 0 saturated heterocycles. The van der Waals surface area contributed by atoms with E-state index in [1.807, 2.05) is 13.8 Å². The van der Waals surface area contributed by atoms with E-state index in [-0.39, 0.29) is 5.92 Å². The van der Waals surface area contributed by atoms with Crippen LogP contribution in [0.15, 0.2) is 12.1 Å². The number of halogens is 1. The number of hydrogen-bond acceptors (Lipinski definition) is 3. The normalized spacial score (nSPS) is 16.0. The van der Waals surface area contributed by atoms with Crippen LogP contribution in [0.3, 0.4) is 0 Å². The van der Waals surface area contributed by atoms with Gasteiger partial charge in [-0.3, -0.25) is 4.79 Å². The Balaban J connectivity index is 2.26. The average Bonchev–Trinajstić information content (AvgIpc) is 3.21. The molecule has 21 heavy (non-hydrogen) atoms.